The highest BCUT2D eigenvalue weighted by molar-refractivity contribution is 5.58. The smallest absolute Gasteiger partial charge is 0.0925 e. The van der Waals surface area contributed by atoms with E-state index in [1.54, 1.807) is 0 Å². The van der Waals surface area contributed by atoms with Gasteiger partial charge in [0.2, 0.25) is 0 Å². The molecule has 0 saturated carbocycles. The molecule has 1 nitrogen and oxygen atoms in total. The third-order valence-electron chi connectivity index (χ3n) is 1.91. The summed E-state index contributed by atoms with van der Waals surface area (Å²) < 4.78 is 0. The molecule has 0 spiro atoms. The van der Waals surface area contributed by atoms with Crippen LogP contribution >= 0.6 is 0 Å². The van der Waals surface area contributed by atoms with Gasteiger partial charge in [-0.1, -0.05) is 36.4 Å². The van der Waals surface area contributed by atoms with Gasteiger partial charge in [-0.15, -0.1) is 0 Å². The van der Waals surface area contributed by atoms with Crippen LogP contribution in [0.3, 0.4) is 0 Å². The molecule has 1 radical (unpaired) electrons. The number of pyridine rings is 1. The first kappa shape index (κ1) is 7.99. The van der Waals surface area contributed by atoms with Crippen LogP contribution in [0.5, 0.6) is 0 Å². The lowest BCUT2D eigenvalue weighted by Crippen LogP contribution is -1.83. The van der Waals surface area contributed by atoms with Crippen molar-refractivity contribution in [2.24, 2.45) is 0 Å². The van der Waals surface area contributed by atoms with E-state index >= 15 is 0 Å². The summed E-state index contributed by atoms with van der Waals surface area (Å²) in [5.74, 6) is 0. The Morgan fingerprint density at radius 3 is 2.38 bits per heavy atom. The highest BCUT2D eigenvalue weighted by atomic mass is 14.7. The van der Waals surface area contributed by atoms with Crippen molar-refractivity contribution in [3.05, 3.63) is 54.2 Å². The van der Waals surface area contributed by atoms with E-state index in [-0.39, 0.29) is 0 Å². The van der Waals surface area contributed by atoms with Gasteiger partial charge in [0.25, 0.3) is 0 Å². The van der Waals surface area contributed by atoms with Crippen LogP contribution < -0.4 is 0 Å². The van der Waals surface area contributed by atoms with Crippen LogP contribution in [-0.2, 0) is 0 Å². The molecule has 13 heavy (non-hydrogen) atoms. The van der Waals surface area contributed by atoms with Crippen molar-refractivity contribution in [1.29, 1.82) is 0 Å². The fourth-order valence-corrected chi connectivity index (χ4v) is 1.20. The maximum absolute atomic E-state index is 4.22. The molecule has 1 heteroatoms. The van der Waals surface area contributed by atoms with Gasteiger partial charge >= 0.3 is 0 Å². The van der Waals surface area contributed by atoms with Crippen LogP contribution in [-0.4, -0.2) is 4.98 Å². The summed E-state index contributed by atoms with van der Waals surface area (Å²) in [5, 5.41) is 0. The summed E-state index contributed by atoms with van der Waals surface area (Å²) in [6.07, 6.45) is 2.95. The predicted octanol–water partition coefficient (Wildman–Crippen LogP) is 2.86. The molecule has 1 heterocycles. The Labute approximate surface area is 78.1 Å². The maximum atomic E-state index is 4.22. The summed E-state index contributed by atoms with van der Waals surface area (Å²) in [4.78, 5) is 4.22. The second kappa shape index (κ2) is 3.40. The second-order valence-electron chi connectivity index (χ2n) is 2.99. The van der Waals surface area contributed by atoms with Crippen LogP contribution in [0.4, 0.5) is 0 Å². The Kier molecular flexibility index (Phi) is 2.09. The number of nitrogens with zero attached hydrogens (tertiary/aromatic N) is 1. The Bertz CT molecular complexity index is 376. The molecule has 63 valence electrons. The SMILES string of the molecule is Cc1[c]nc(-c2ccccc2)cc1. The van der Waals surface area contributed by atoms with E-state index in [2.05, 4.69) is 11.2 Å². The number of benzene rings is 1. The van der Waals surface area contributed by atoms with Crippen molar-refractivity contribution in [3.8, 4) is 11.3 Å². The average molecular weight is 168 g/mol. The van der Waals surface area contributed by atoms with Gasteiger partial charge in [-0.05, 0) is 18.6 Å². The van der Waals surface area contributed by atoms with Gasteiger partial charge in [0.15, 0.2) is 0 Å². The third-order valence-corrected chi connectivity index (χ3v) is 1.91. The van der Waals surface area contributed by atoms with Gasteiger partial charge in [0.1, 0.15) is 0 Å². The van der Waals surface area contributed by atoms with Crippen molar-refractivity contribution in [2.45, 2.75) is 6.92 Å². The zero-order valence-corrected chi connectivity index (χ0v) is 7.49. The molecule has 0 atom stereocenters. The second-order valence-corrected chi connectivity index (χ2v) is 2.99. The molecule has 0 amide bonds. The molecule has 0 aliphatic heterocycles. The third kappa shape index (κ3) is 1.75. The van der Waals surface area contributed by atoms with Crippen molar-refractivity contribution < 1.29 is 0 Å². The normalized spacial score (nSPS) is 9.92. The van der Waals surface area contributed by atoms with E-state index in [0.29, 0.717) is 0 Å². The van der Waals surface area contributed by atoms with E-state index in [9.17, 15) is 0 Å². The van der Waals surface area contributed by atoms with Gasteiger partial charge in [0.05, 0.1) is 11.9 Å². The lowest BCUT2D eigenvalue weighted by atomic mass is 10.1. The minimum Gasteiger partial charge on any atom is -0.246 e. The zero-order valence-electron chi connectivity index (χ0n) is 7.49. The first-order valence-electron chi connectivity index (χ1n) is 4.27. The molecule has 0 unspecified atom stereocenters. The number of hydrogen-bond acceptors (Lipinski definition) is 1. The molecule has 0 aliphatic carbocycles. The van der Waals surface area contributed by atoms with E-state index in [1.807, 2.05) is 49.4 Å². The van der Waals surface area contributed by atoms with Gasteiger partial charge in [-0.25, -0.2) is 4.98 Å². The number of aromatic nitrogens is 1. The largest absolute Gasteiger partial charge is 0.246 e. The number of aryl methyl sites for hydroxylation is 1. The van der Waals surface area contributed by atoms with Crippen LogP contribution in [0.1, 0.15) is 5.56 Å². The Balaban J connectivity index is 2.42. The molecular weight excluding hydrogens is 158 g/mol. The zero-order chi connectivity index (χ0) is 9.10. The van der Waals surface area contributed by atoms with Crippen molar-refractivity contribution >= 4 is 0 Å². The van der Waals surface area contributed by atoms with Crippen molar-refractivity contribution in [3.63, 3.8) is 0 Å². The fourth-order valence-electron chi connectivity index (χ4n) is 1.20. The van der Waals surface area contributed by atoms with Crippen molar-refractivity contribution in [1.82, 2.24) is 4.98 Å². The minimum absolute atomic E-state index is 0.978. The molecule has 0 N–H and O–H groups in total. The molecule has 0 saturated heterocycles. The molecule has 2 rings (SSSR count). The average Bonchev–Trinajstić information content (AvgIpc) is 2.20. The molecular formula is C12H10N. The summed E-state index contributed by atoms with van der Waals surface area (Å²) in [6, 6.07) is 14.2. The Morgan fingerprint density at radius 1 is 1.00 bits per heavy atom. The highest BCUT2D eigenvalue weighted by Crippen LogP contribution is 2.15. The summed E-state index contributed by atoms with van der Waals surface area (Å²) >= 11 is 0. The lowest BCUT2D eigenvalue weighted by molar-refractivity contribution is 1.25. The lowest BCUT2D eigenvalue weighted by Gasteiger charge is -1.99. The monoisotopic (exact) mass is 168 g/mol. The van der Waals surface area contributed by atoms with E-state index in [1.165, 1.54) is 0 Å². The topological polar surface area (TPSA) is 12.9 Å². The molecule has 1 aromatic carbocycles. The molecule has 2 aromatic rings. The van der Waals surface area contributed by atoms with E-state index < -0.39 is 0 Å². The van der Waals surface area contributed by atoms with Gasteiger partial charge in [0, 0.05) is 5.56 Å². The molecule has 1 aromatic heterocycles. The van der Waals surface area contributed by atoms with Crippen LogP contribution in [0.25, 0.3) is 11.3 Å². The summed E-state index contributed by atoms with van der Waals surface area (Å²) in [7, 11) is 0. The predicted molar refractivity (Wildman–Crippen MR) is 53.2 cm³/mol. The van der Waals surface area contributed by atoms with Crippen LogP contribution in [0, 0.1) is 13.1 Å². The first-order valence-corrected chi connectivity index (χ1v) is 4.27. The number of hydrogen-bond donors (Lipinski definition) is 0. The van der Waals surface area contributed by atoms with Gasteiger partial charge in [-0.2, -0.15) is 0 Å². The molecule has 0 bridgehead atoms. The Hall–Kier alpha value is -1.63. The van der Waals surface area contributed by atoms with Crippen LogP contribution in [0.15, 0.2) is 42.5 Å². The number of rotatable bonds is 1. The van der Waals surface area contributed by atoms with E-state index in [4.69, 9.17) is 0 Å². The highest BCUT2D eigenvalue weighted by Gasteiger charge is 1.95. The minimum atomic E-state index is 0.978. The quantitative estimate of drug-likeness (QED) is 0.638. The van der Waals surface area contributed by atoms with Crippen molar-refractivity contribution in [2.75, 3.05) is 0 Å². The van der Waals surface area contributed by atoms with Crippen LogP contribution in [0.2, 0.25) is 0 Å². The van der Waals surface area contributed by atoms with Gasteiger partial charge in [-0.3, -0.25) is 0 Å². The fraction of sp³-hybridized carbons (Fsp3) is 0.0833. The van der Waals surface area contributed by atoms with E-state index in [0.717, 1.165) is 16.8 Å². The molecule has 0 aliphatic rings. The first-order chi connectivity index (χ1) is 6.36. The summed E-state index contributed by atoms with van der Waals surface area (Å²) in [5.41, 5.74) is 3.18. The Morgan fingerprint density at radius 2 is 1.77 bits per heavy atom. The standard InChI is InChI=1S/C12H10N/c1-10-7-8-12(13-9-10)11-5-3-2-4-6-11/h2-8H,1H3. The summed E-state index contributed by atoms with van der Waals surface area (Å²) in [6.45, 7) is 1.99. The van der Waals surface area contributed by atoms with Gasteiger partial charge < -0.3 is 0 Å². The molecule has 0 fully saturated rings. The maximum Gasteiger partial charge on any atom is 0.0925 e.